The number of aromatic nitrogens is 2. The predicted octanol–water partition coefficient (Wildman–Crippen LogP) is 3.46. The van der Waals surface area contributed by atoms with E-state index in [1.807, 2.05) is 29.4 Å². The van der Waals surface area contributed by atoms with Gasteiger partial charge in [0.25, 0.3) is 0 Å². The molecule has 3 aromatic rings. The lowest BCUT2D eigenvalue weighted by Crippen LogP contribution is -2.51. The summed E-state index contributed by atoms with van der Waals surface area (Å²) in [7, 11) is 1.67. The molecule has 0 bridgehead atoms. The molecule has 0 unspecified atom stereocenters. The largest absolute Gasteiger partial charge is 0.497 e. The molecule has 182 valence electrons. The number of benzene rings is 2. The highest BCUT2D eigenvalue weighted by Crippen LogP contribution is 2.24. The van der Waals surface area contributed by atoms with Crippen molar-refractivity contribution < 1.29 is 13.9 Å². The SMILES string of the molecule is COc1ccc(N2CCN(C(=O)CN3CC=C(c4cnn(-c5ccc(F)cc5)c4)CC3)CC2)cc1. The van der Waals surface area contributed by atoms with Crippen LogP contribution in [0.3, 0.4) is 0 Å². The fourth-order valence-electron chi connectivity index (χ4n) is 4.64. The van der Waals surface area contributed by atoms with Gasteiger partial charge in [-0.05, 0) is 60.5 Å². The summed E-state index contributed by atoms with van der Waals surface area (Å²) < 4.78 is 20.2. The minimum Gasteiger partial charge on any atom is -0.497 e. The van der Waals surface area contributed by atoms with E-state index in [1.165, 1.54) is 17.7 Å². The number of carbonyl (C=O) groups excluding carboxylic acids is 1. The molecule has 0 saturated carbocycles. The van der Waals surface area contributed by atoms with Crippen molar-refractivity contribution in [3.05, 3.63) is 78.4 Å². The molecule has 1 fully saturated rings. The summed E-state index contributed by atoms with van der Waals surface area (Å²) in [6, 6.07) is 14.4. The van der Waals surface area contributed by atoms with Crippen LogP contribution in [0.2, 0.25) is 0 Å². The summed E-state index contributed by atoms with van der Waals surface area (Å²) >= 11 is 0. The highest BCUT2D eigenvalue weighted by Gasteiger charge is 2.24. The Morgan fingerprint density at radius 2 is 1.69 bits per heavy atom. The highest BCUT2D eigenvalue weighted by molar-refractivity contribution is 5.79. The molecule has 2 aliphatic rings. The molecule has 0 atom stereocenters. The van der Waals surface area contributed by atoms with Gasteiger partial charge in [0.1, 0.15) is 11.6 Å². The minimum absolute atomic E-state index is 0.195. The van der Waals surface area contributed by atoms with Gasteiger partial charge in [-0.2, -0.15) is 5.10 Å². The van der Waals surface area contributed by atoms with E-state index in [0.29, 0.717) is 6.54 Å². The van der Waals surface area contributed by atoms with Crippen molar-refractivity contribution >= 4 is 17.2 Å². The molecule has 8 heteroatoms. The van der Waals surface area contributed by atoms with Crippen molar-refractivity contribution in [2.24, 2.45) is 0 Å². The second-order valence-corrected chi connectivity index (χ2v) is 8.93. The Kier molecular flexibility index (Phi) is 6.81. The number of piperazine rings is 1. The molecule has 1 aromatic heterocycles. The van der Waals surface area contributed by atoms with Gasteiger partial charge in [-0.3, -0.25) is 9.69 Å². The molecule has 5 rings (SSSR count). The number of halogens is 1. The van der Waals surface area contributed by atoms with E-state index in [-0.39, 0.29) is 11.7 Å². The number of hydrogen-bond acceptors (Lipinski definition) is 5. The summed E-state index contributed by atoms with van der Waals surface area (Å²) in [4.78, 5) is 19.4. The first-order valence-corrected chi connectivity index (χ1v) is 12.0. The molecule has 0 spiro atoms. The zero-order valence-electron chi connectivity index (χ0n) is 19.9. The van der Waals surface area contributed by atoms with Crippen molar-refractivity contribution in [1.29, 1.82) is 0 Å². The fourth-order valence-corrected chi connectivity index (χ4v) is 4.64. The molecule has 1 saturated heterocycles. The number of carbonyl (C=O) groups is 1. The van der Waals surface area contributed by atoms with Gasteiger partial charge in [0, 0.05) is 56.7 Å². The van der Waals surface area contributed by atoms with E-state index >= 15 is 0 Å². The van der Waals surface area contributed by atoms with E-state index in [4.69, 9.17) is 4.74 Å². The normalized spacial score (nSPS) is 16.8. The Labute approximate surface area is 205 Å². The second kappa shape index (κ2) is 10.3. The molecule has 1 amide bonds. The van der Waals surface area contributed by atoms with E-state index in [9.17, 15) is 9.18 Å². The summed E-state index contributed by atoms with van der Waals surface area (Å²) in [5, 5.41) is 4.43. The fraction of sp³-hybridized carbons (Fsp3) is 0.333. The Morgan fingerprint density at radius 1 is 0.971 bits per heavy atom. The van der Waals surface area contributed by atoms with Gasteiger partial charge in [-0.15, -0.1) is 0 Å². The maximum atomic E-state index is 13.2. The smallest absolute Gasteiger partial charge is 0.236 e. The predicted molar refractivity (Wildman–Crippen MR) is 134 cm³/mol. The van der Waals surface area contributed by atoms with E-state index in [0.717, 1.165) is 68.4 Å². The number of ether oxygens (including phenoxy) is 1. The van der Waals surface area contributed by atoms with Crippen LogP contribution < -0.4 is 9.64 Å². The summed E-state index contributed by atoms with van der Waals surface area (Å²) in [5.74, 6) is 0.785. The molecule has 2 aliphatic heterocycles. The average Bonchev–Trinajstić information content (AvgIpc) is 3.40. The maximum absolute atomic E-state index is 13.2. The number of rotatable bonds is 6. The Hall–Kier alpha value is -3.65. The zero-order chi connectivity index (χ0) is 24.2. The second-order valence-electron chi connectivity index (χ2n) is 8.93. The lowest BCUT2D eigenvalue weighted by atomic mass is 10.0. The number of amides is 1. The Bertz CT molecular complexity index is 1180. The van der Waals surface area contributed by atoms with Crippen LogP contribution in [0, 0.1) is 5.82 Å². The van der Waals surface area contributed by atoms with Gasteiger partial charge < -0.3 is 14.5 Å². The van der Waals surface area contributed by atoms with Crippen molar-refractivity contribution in [2.75, 3.05) is 57.8 Å². The first kappa shape index (κ1) is 23.1. The van der Waals surface area contributed by atoms with Crippen LogP contribution in [-0.2, 0) is 4.79 Å². The van der Waals surface area contributed by atoms with Crippen LogP contribution in [0.1, 0.15) is 12.0 Å². The lowest BCUT2D eigenvalue weighted by Gasteiger charge is -2.37. The van der Waals surface area contributed by atoms with E-state index in [2.05, 4.69) is 33.1 Å². The summed E-state index contributed by atoms with van der Waals surface area (Å²) in [6.45, 7) is 5.17. The van der Waals surface area contributed by atoms with Crippen LogP contribution >= 0.6 is 0 Å². The minimum atomic E-state index is -0.259. The topological polar surface area (TPSA) is 53.8 Å². The van der Waals surface area contributed by atoms with Crippen LogP contribution in [0.15, 0.2) is 67.0 Å². The van der Waals surface area contributed by atoms with E-state index < -0.39 is 0 Å². The third kappa shape index (κ3) is 5.38. The maximum Gasteiger partial charge on any atom is 0.236 e. The van der Waals surface area contributed by atoms with Gasteiger partial charge in [0.05, 0.1) is 25.5 Å². The van der Waals surface area contributed by atoms with Gasteiger partial charge in [-0.25, -0.2) is 9.07 Å². The third-order valence-electron chi connectivity index (χ3n) is 6.77. The Morgan fingerprint density at radius 3 is 2.34 bits per heavy atom. The average molecular weight is 476 g/mol. The van der Waals surface area contributed by atoms with Gasteiger partial charge in [0.15, 0.2) is 0 Å². The molecule has 3 heterocycles. The highest BCUT2D eigenvalue weighted by atomic mass is 19.1. The standard InChI is InChI=1S/C27H30FN5O2/c1-35-26-8-6-24(7-9-26)31-14-16-32(17-15-31)27(34)20-30-12-10-21(11-13-30)22-18-29-33(19-22)25-4-2-23(28)3-5-25/h2-10,18-19H,11-17,20H2,1H3. The van der Waals surface area contributed by atoms with Gasteiger partial charge in [-0.1, -0.05) is 6.08 Å². The van der Waals surface area contributed by atoms with Crippen LogP contribution in [0.4, 0.5) is 10.1 Å². The monoisotopic (exact) mass is 475 g/mol. The molecule has 0 N–H and O–H groups in total. The van der Waals surface area contributed by atoms with E-state index in [1.54, 1.807) is 23.9 Å². The molecule has 7 nitrogen and oxygen atoms in total. The first-order chi connectivity index (χ1) is 17.1. The molecule has 0 radical (unpaired) electrons. The van der Waals surface area contributed by atoms with Gasteiger partial charge >= 0.3 is 0 Å². The van der Waals surface area contributed by atoms with Gasteiger partial charge in [0.2, 0.25) is 5.91 Å². The molecule has 2 aromatic carbocycles. The van der Waals surface area contributed by atoms with Crippen LogP contribution in [-0.4, -0.2) is 78.4 Å². The summed E-state index contributed by atoms with van der Waals surface area (Å²) in [5.41, 5.74) is 4.29. The number of nitrogens with zero attached hydrogens (tertiary/aromatic N) is 5. The van der Waals surface area contributed by atoms with Crippen molar-refractivity contribution in [1.82, 2.24) is 19.6 Å². The number of hydrogen-bond donors (Lipinski definition) is 0. The third-order valence-corrected chi connectivity index (χ3v) is 6.77. The van der Waals surface area contributed by atoms with Crippen molar-refractivity contribution in [3.8, 4) is 11.4 Å². The zero-order valence-corrected chi connectivity index (χ0v) is 19.9. The van der Waals surface area contributed by atoms with Crippen molar-refractivity contribution in [3.63, 3.8) is 0 Å². The molecule has 35 heavy (non-hydrogen) atoms. The van der Waals surface area contributed by atoms with Crippen LogP contribution in [0.5, 0.6) is 5.75 Å². The number of anilines is 1. The molecular formula is C27H30FN5O2. The first-order valence-electron chi connectivity index (χ1n) is 12.0. The quantitative estimate of drug-likeness (QED) is 0.547. The lowest BCUT2D eigenvalue weighted by molar-refractivity contribution is -0.132. The molecule has 0 aliphatic carbocycles. The van der Waals surface area contributed by atoms with Crippen LogP contribution in [0.25, 0.3) is 11.3 Å². The number of methoxy groups -OCH3 is 1. The summed E-state index contributed by atoms with van der Waals surface area (Å²) in [6.07, 6.45) is 6.87. The molecular weight excluding hydrogens is 445 g/mol. The Balaban J connectivity index is 1.11. The van der Waals surface area contributed by atoms with Crippen molar-refractivity contribution in [2.45, 2.75) is 6.42 Å².